The van der Waals surface area contributed by atoms with E-state index in [1.54, 1.807) is 25.7 Å². The summed E-state index contributed by atoms with van der Waals surface area (Å²) in [6.45, 7) is 9.98. The average molecular weight is 301 g/mol. The van der Waals surface area contributed by atoms with E-state index < -0.39 is 23.5 Å². The van der Waals surface area contributed by atoms with E-state index in [1.807, 2.05) is 13.8 Å². The maximum atomic E-state index is 12.0. The van der Waals surface area contributed by atoms with Gasteiger partial charge in [0.25, 0.3) is 0 Å². The lowest BCUT2D eigenvalue weighted by atomic mass is 9.87. The standard InChI is InChI=1S/C14H27N3O4/c1-7-17(8-2)10(18)9-16(6)13(21)15-11(12(19)20)14(3,4)5/h11H,7-9H2,1-6H3,(H,15,21)(H,19,20)/t11-/m1/s1. The Morgan fingerprint density at radius 2 is 1.62 bits per heavy atom. The van der Waals surface area contributed by atoms with Gasteiger partial charge in [-0.25, -0.2) is 9.59 Å². The number of carboxylic acids is 1. The summed E-state index contributed by atoms with van der Waals surface area (Å²) < 4.78 is 0. The second-order valence-corrected chi connectivity index (χ2v) is 6.01. The number of urea groups is 1. The molecular weight excluding hydrogens is 274 g/mol. The number of carbonyl (C=O) groups is 3. The number of rotatable bonds is 6. The van der Waals surface area contributed by atoms with E-state index in [0.717, 1.165) is 0 Å². The number of hydrogen-bond donors (Lipinski definition) is 2. The summed E-state index contributed by atoms with van der Waals surface area (Å²) >= 11 is 0. The lowest BCUT2D eigenvalue weighted by molar-refractivity contribution is -0.142. The normalized spacial score (nSPS) is 12.5. The molecule has 0 aliphatic rings. The van der Waals surface area contributed by atoms with Crippen LogP contribution >= 0.6 is 0 Å². The fourth-order valence-corrected chi connectivity index (χ4v) is 1.83. The molecule has 7 heteroatoms. The van der Waals surface area contributed by atoms with Crippen molar-refractivity contribution in [2.24, 2.45) is 5.41 Å². The van der Waals surface area contributed by atoms with Crippen molar-refractivity contribution in [3.63, 3.8) is 0 Å². The molecule has 122 valence electrons. The fraction of sp³-hybridized carbons (Fsp3) is 0.786. The molecule has 3 amide bonds. The monoisotopic (exact) mass is 301 g/mol. The molecule has 0 spiro atoms. The van der Waals surface area contributed by atoms with Crippen LogP contribution in [0.25, 0.3) is 0 Å². The molecule has 21 heavy (non-hydrogen) atoms. The first-order chi connectivity index (χ1) is 9.54. The van der Waals surface area contributed by atoms with Crippen molar-refractivity contribution in [3.05, 3.63) is 0 Å². The summed E-state index contributed by atoms with van der Waals surface area (Å²) in [6, 6.07) is -1.59. The van der Waals surface area contributed by atoms with Gasteiger partial charge < -0.3 is 20.2 Å². The lowest BCUT2D eigenvalue weighted by Crippen LogP contribution is -2.54. The maximum Gasteiger partial charge on any atom is 0.326 e. The number of hydrogen-bond acceptors (Lipinski definition) is 3. The number of nitrogens with zero attached hydrogens (tertiary/aromatic N) is 2. The topological polar surface area (TPSA) is 90.0 Å². The molecule has 0 rings (SSSR count). The first kappa shape index (κ1) is 19.2. The SMILES string of the molecule is CCN(CC)C(=O)CN(C)C(=O)N[C@H](C(=O)O)C(C)(C)C. The zero-order chi connectivity index (χ0) is 16.8. The minimum Gasteiger partial charge on any atom is -0.480 e. The van der Waals surface area contributed by atoms with E-state index in [9.17, 15) is 19.5 Å². The third kappa shape index (κ3) is 6.01. The van der Waals surface area contributed by atoms with E-state index in [4.69, 9.17) is 0 Å². The molecule has 0 unspecified atom stereocenters. The highest BCUT2D eigenvalue weighted by Gasteiger charge is 2.33. The number of likely N-dealkylation sites (N-methyl/N-ethyl adjacent to an activating group) is 2. The Hall–Kier alpha value is -1.79. The third-order valence-electron chi connectivity index (χ3n) is 3.22. The van der Waals surface area contributed by atoms with Crippen LogP contribution in [0.3, 0.4) is 0 Å². The smallest absolute Gasteiger partial charge is 0.326 e. The molecule has 0 aliphatic heterocycles. The Bertz CT molecular complexity index is 386. The Labute approximate surface area is 126 Å². The van der Waals surface area contributed by atoms with Gasteiger partial charge in [0.15, 0.2) is 0 Å². The zero-order valence-corrected chi connectivity index (χ0v) is 13.8. The van der Waals surface area contributed by atoms with Crippen LogP contribution in [0.1, 0.15) is 34.6 Å². The van der Waals surface area contributed by atoms with Gasteiger partial charge in [-0.3, -0.25) is 4.79 Å². The van der Waals surface area contributed by atoms with Gasteiger partial charge in [-0.15, -0.1) is 0 Å². The molecule has 7 nitrogen and oxygen atoms in total. The number of aliphatic carboxylic acids is 1. The Morgan fingerprint density at radius 3 is 1.95 bits per heavy atom. The summed E-state index contributed by atoms with van der Waals surface area (Å²) in [5.74, 6) is -1.26. The van der Waals surface area contributed by atoms with Gasteiger partial charge in [0.05, 0.1) is 0 Å². The van der Waals surface area contributed by atoms with E-state index in [-0.39, 0.29) is 12.5 Å². The van der Waals surface area contributed by atoms with Crippen LogP contribution in [0.5, 0.6) is 0 Å². The Kier molecular flexibility index (Phi) is 7.18. The molecule has 0 saturated carbocycles. The van der Waals surface area contributed by atoms with Gasteiger partial charge in [0.1, 0.15) is 12.6 Å². The van der Waals surface area contributed by atoms with Crippen molar-refractivity contribution in [1.29, 1.82) is 0 Å². The fourth-order valence-electron chi connectivity index (χ4n) is 1.83. The molecule has 0 aromatic carbocycles. The summed E-state index contributed by atoms with van der Waals surface area (Å²) in [6.07, 6.45) is 0. The lowest BCUT2D eigenvalue weighted by Gasteiger charge is -2.30. The number of carboxylic acid groups (broad SMARTS) is 1. The molecule has 2 N–H and O–H groups in total. The van der Waals surface area contributed by atoms with E-state index in [1.165, 1.54) is 11.9 Å². The predicted molar refractivity (Wildman–Crippen MR) is 80.0 cm³/mol. The van der Waals surface area contributed by atoms with Crippen molar-refractivity contribution in [2.75, 3.05) is 26.7 Å². The van der Waals surface area contributed by atoms with Crippen LogP contribution in [0.15, 0.2) is 0 Å². The summed E-state index contributed by atoms with van der Waals surface area (Å²) in [5, 5.41) is 11.6. The highest BCUT2D eigenvalue weighted by molar-refractivity contribution is 5.86. The van der Waals surface area contributed by atoms with Crippen LogP contribution in [0.4, 0.5) is 4.79 Å². The predicted octanol–water partition coefficient (Wildman–Crippen LogP) is 0.996. The molecule has 0 aromatic heterocycles. The quantitative estimate of drug-likeness (QED) is 0.765. The minimum atomic E-state index is -1.10. The summed E-state index contributed by atoms with van der Waals surface area (Å²) in [7, 11) is 1.47. The van der Waals surface area contributed by atoms with Crippen LogP contribution in [0.2, 0.25) is 0 Å². The van der Waals surface area contributed by atoms with Crippen molar-refractivity contribution < 1.29 is 19.5 Å². The first-order valence-corrected chi connectivity index (χ1v) is 7.06. The van der Waals surface area contributed by atoms with Crippen LogP contribution in [0, 0.1) is 5.41 Å². The van der Waals surface area contributed by atoms with Crippen molar-refractivity contribution in [1.82, 2.24) is 15.1 Å². The second kappa shape index (κ2) is 7.85. The van der Waals surface area contributed by atoms with Gasteiger partial charge >= 0.3 is 12.0 Å². The molecule has 0 saturated heterocycles. The third-order valence-corrected chi connectivity index (χ3v) is 3.22. The Balaban J connectivity index is 4.71. The largest absolute Gasteiger partial charge is 0.480 e. The van der Waals surface area contributed by atoms with E-state index in [0.29, 0.717) is 13.1 Å². The molecule has 0 aliphatic carbocycles. The van der Waals surface area contributed by atoms with Crippen molar-refractivity contribution >= 4 is 17.9 Å². The second-order valence-electron chi connectivity index (χ2n) is 6.01. The van der Waals surface area contributed by atoms with Crippen LogP contribution in [-0.4, -0.2) is 65.5 Å². The zero-order valence-electron chi connectivity index (χ0n) is 13.8. The molecule has 0 heterocycles. The van der Waals surface area contributed by atoms with Crippen molar-refractivity contribution in [2.45, 2.75) is 40.7 Å². The van der Waals surface area contributed by atoms with Gasteiger partial charge in [-0.2, -0.15) is 0 Å². The highest BCUT2D eigenvalue weighted by Crippen LogP contribution is 2.19. The van der Waals surface area contributed by atoms with Crippen LogP contribution in [-0.2, 0) is 9.59 Å². The summed E-state index contributed by atoms with van der Waals surface area (Å²) in [4.78, 5) is 38.0. The van der Waals surface area contributed by atoms with Gasteiger partial charge in [0.2, 0.25) is 5.91 Å². The molecule has 0 radical (unpaired) electrons. The molecule has 0 bridgehead atoms. The number of carbonyl (C=O) groups excluding carboxylic acids is 2. The molecular formula is C14H27N3O4. The van der Waals surface area contributed by atoms with Gasteiger partial charge in [-0.05, 0) is 19.3 Å². The highest BCUT2D eigenvalue weighted by atomic mass is 16.4. The van der Waals surface area contributed by atoms with Crippen LogP contribution < -0.4 is 5.32 Å². The average Bonchev–Trinajstić information content (AvgIpc) is 2.34. The Morgan fingerprint density at radius 1 is 1.14 bits per heavy atom. The summed E-state index contributed by atoms with van der Waals surface area (Å²) in [5.41, 5.74) is -0.620. The number of nitrogens with one attached hydrogen (secondary N) is 1. The number of amides is 3. The van der Waals surface area contributed by atoms with E-state index >= 15 is 0 Å². The van der Waals surface area contributed by atoms with E-state index in [2.05, 4.69) is 5.32 Å². The maximum absolute atomic E-state index is 12.0. The van der Waals surface area contributed by atoms with Gasteiger partial charge in [-0.1, -0.05) is 20.8 Å². The minimum absolute atomic E-state index is 0.0794. The first-order valence-electron chi connectivity index (χ1n) is 7.06. The molecule has 0 aromatic rings. The molecule has 0 fully saturated rings. The van der Waals surface area contributed by atoms with Crippen molar-refractivity contribution in [3.8, 4) is 0 Å². The molecule has 1 atom stereocenters. The van der Waals surface area contributed by atoms with Gasteiger partial charge in [0, 0.05) is 20.1 Å².